The van der Waals surface area contributed by atoms with E-state index in [0.29, 0.717) is 4.90 Å². The molecule has 176 valence electrons. The van der Waals surface area contributed by atoms with Crippen LogP contribution >= 0.6 is 0 Å². The zero-order valence-corrected chi connectivity index (χ0v) is 20.0. The number of aryl methyl sites for hydroxylation is 3. The van der Waals surface area contributed by atoms with Gasteiger partial charge in [0.05, 0.1) is 17.2 Å². The number of halogens is 1. The summed E-state index contributed by atoms with van der Waals surface area (Å²) in [6.45, 7) is 8.79. The maximum absolute atomic E-state index is 13.3. The van der Waals surface area contributed by atoms with Crippen LogP contribution in [-0.4, -0.2) is 46.0 Å². The molecule has 1 N–H and O–H groups in total. The molecule has 6 nitrogen and oxygen atoms in total. The van der Waals surface area contributed by atoms with Crippen molar-refractivity contribution in [3.05, 3.63) is 83.1 Å². The molecule has 1 saturated heterocycles. The minimum absolute atomic E-state index is 0.207. The summed E-state index contributed by atoms with van der Waals surface area (Å²) in [6.07, 6.45) is 1.61. The lowest BCUT2D eigenvalue weighted by atomic mass is 10.1. The normalized spacial score (nSPS) is 16.2. The lowest BCUT2D eigenvalue weighted by Crippen LogP contribution is -2.49. The molecular formula is C25H30FN3O3S. The Labute approximate surface area is 195 Å². The van der Waals surface area contributed by atoms with Gasteiger partial charge in [-0.15, -0.1) is 0 Å². The molecule has 0 amide bonds. The average Bonchev–Trinajstić information content (AvgIpc) is 3.28. The van der Waals surface area contributed by atoms with Crippen molar-refractivity contribution in [3.8, 4) is 0 Å². The molecule has 1 aliphatic rings. The highest BCUT2D eigenvalue weighted by atomic mass is 32.2. The van der Waals surface area contributed by atoms with E-state index in [1.54, 1.807) is 18.4 Å². The second-order valence-corrected chi connectivity index (χ2v) is 10.3. The predicted octanol–water partition coefficient (Wildman–Crippen LogP) is 4.19. The summed E-state index contributed by atoms with van der Waals surface area (Å²) in [7, 11) is -3.69. The molecule has 1 aromatic heterocycles. The first-order valence-electron chi connectivity index (χ1n) is 11.1. The van der Waals surface area contributed by atoms with Crippen LogP contribution in [0.2, 0.25) is 0 Å². The number of benzene rings is 2. The third-order valence-electron chi connectivity index (χ3n) is 6.16. The van der Waals surface area contributed by atoms with Crippen molar-refractivity contribution in [2.45, 2.75) is 31.7 Å². The third kappa shape index (κ3) is 5.29. The molecule has 1 aliphatic heterocycles. The number of anilines is 1. The Morgan fingerprint density at radius 3 is 2.21 bits per heavy atom. The SMILES string of the molecule is Cc1cc(C)c(S(=O)(=O)NCC(c2ccco2)N2CCN(c3ccc(F)cc3)CC2)c(C)c1. The molecule has 33 heavy (non-hydrogen) atoms. The molecule has 0 bridgehead atoms. The topological polar surface area (TPSA) is 65.8 Å². The molecule has 0 aliphatic carbocycles. The van der Waals surface area contributed by atoms with Crippen LogP contribution in [0.25, 0.3) is 0 Å². The molecule has 1 atom stereocenters. The fraction of sp³-hybridized carbons (Fsp3) is 0.360. The van der Waals surface area contributed by atoms with Gasteiger partial charge in [-0.25, -0.2) is 17.5 Å². The van der Waals surface area contributed by atoms with E-state index >= 15 is 0 Å². The summed E-state index contributed by atoms with van der Waals surface area (Å²) in [4.78, 5) is 4.78. The number of piperazine rings is 1. The highest BCUT2D eigenvalue weighted by Crippen LogP contribution is 2.26. The van der Waals surface area contributed by atoms with E-state index in [0.717, 1.165) is 54.3 Å². The summed E-state index contributed by atoms with van der Waals surface area (Å²) in [5.74, 6) is 0.479. The van der Waals surface area contributed by atoms with Gasteiger partial charge >= 0.3 is 0 Å². The average molecular weight is 472 g/mol. The van der Waals surface area contributed by atoms with Gasteiger partial charge in [0.25, 0.3) is 0 Å². The largest absolute Gasteiger partial charge is 0.468 e. The summed E-state index contributed by atoms with van der Waals surface area (Å²) in [6, 6.07) is 13.8. The van der Waals surface area contributed by atoms with Crippen molar-refractivity contribution >= 4 is 15.7 Å². The first-order chi connectivity index (χ1) is 15.7. The van der Waals surface area contributed by atoms with Gasteiger partial charge in [-0.1, -0.05) is 17.7 Å². The highest BCUT2D eigenvalue weighted by molar-refractivity contribution is 7.89. The van der Waals surface area contributed by atoms with Crippen molar-refractivity contribution < 1.29 is 17.2 Å². The van der Waals surface area contributed by atoms with Crippen LogP contribution in [-0.2, 0) is 10.0 Å². The van der Waals surface area contributed by atoms with E-state index in [1.165, 1.54) is 12.1 Å². The molecule has 0 spiro atoms. The van der Waals surface area contributed by atoms with Gasteiger partial charge in [0.2, 0.25) is 10.0 Å². The van der Waals surface area contributed by atoms with Gasteiger partial charge in [-0.05, 0) is 68.3 Å². The Morgan fingerprint density at radius 1 is 1.00 bits per heavy atom. The molecule has 2 aromatic carbocycles. The zero-order chi connectivity index (χ0) is 23.6. The number of sulfonamides is 1. The molecular weight excluding hydrogens is 441 g/mol. The summed E-state index contributed by atoms with van der Waals surface area (Å²) in [5, 5.41) is 0. The van der Waals surface area contributed by atoms with E-state index in [4.69, 9.17) is 4.42 Å². The number of rotatable bonds is 7. The van der Waals surface area contributed by atoms with Crippen molar-refractivity contribution in [2.75, 3.05) is 37.6 Å². The molecule has 1 fully saturated rings. The fourth-order valence-corrected chi connectivity index (χ4v) is 6.17. The van der Waals surface area contributed by atoms with Crippen molar-refractivity contribution in [2.24, 2.45) is 0 Å². The number of nitrogens with zero attached hydrogens (tertiary/aromatic N) is 2. The molecule has 2 heterocycles. The van der Waals surface area contributed by atoms with Crippen LogP contribution in [0.15, 0.2) is 64.1 Å². The summed E-state index contributed by atoms with van der Waals surface area (Å²) in [5.41, 5.74) is 3.50. The fourth-order valence-electron chi connectivity index (χ4n) is 4.69. The van der Waals surface area contributed by atoms with Crippen molar-refractivity contribution in [1.82, 2.24) is 9.62 Å². The van der Waals surface area contributed by atoms with E-state index in [2.05, 4.69) is 14.5 Å². The van der Waals surface area contributed by atoms with Crippen molar-refractivity contribution in [1.29, 1.82) is 0 Å². The van der Waals surface area contributed by atoms with Crippen LogP contribution in [0.1, 0.15) is 28.5 Å². The standard InChI is InChI=1S/C25H30FN3O3S/c1-18-15-19(2)25(20(3)16-18)33(30,31)27-17-23(24-5-4-14-32-24)29-12-10-28(11-13-29)22-8-6-21(26)7-9-22/h4-9,14-16,23,27H,10-13,17H2,1-3H3. The van der Waals surface area contributed by atoms with Gasteiger partial charge in [0.15, 0.2) is 0 Å². The Morgan fingerprint density at radius 2 is 1.64 bits per heavy atom. The summed E-state index contributed by atoms with van der Waals surface area (Å²) < 4.78 is 48.2. The van der Waals surface area contributed by atoms with Crippen LogP contribution in [0.3, 0.4) is 0 Å². The maximum Gasteiger partial charge on any atom is 0.241 e. The third-order valence-corrected chi connectivity index (χ3v) is 7.89. The minimum Gasteiger partial charge on any atom is -0.468 e. The molecule has 0 saturated carbocycles. The van der Waals surface area contributed by atoms with Crippen LogP contribution in [0.5, 0.6) is 0 Å². The Balaban J connectivity index is 1.48. The van der Waals surface area contributed by atoms with Gasteiger partial charge in [0.1, 0.15) is 11.6 Å². The zero-order valence-electron chi connectivity index (χ0n) is 19.2. The van der Waals surface area contributed by atoms with Crippen molar-refractivity contribution in [3.63, 3.8) is 0 Å². The summed E-state index contributed by atoms with van der Waals surface area (Å²) >= 11 is 0. The lowest BCUT2D eigenvalue weighted by Gasteiger charge is -2.39. The minimum atomic E-state index is -3.69. The number of nitrogens with one attached hydrogen (secondary N) is 1. The molecule has 4 rings (SSSR count). The molecule has 0 radical (unpaired) electrons. The Bertz CT molecular complexity index is 1160. The smallest absolute Gasteiger partial charge is 0.241 e. The molecule has 3 aromatic rings. The van der Waals surface area contributed by atoms with Crippen LogP contribution in [0.4, 0.5) is 10.1 Å². The van der Waals surface area contributed by atoms with E-state index in [9.17, 15) is 12.8 Å². The first-order valence-corrected chi connectivity index (χ1v) is 12.6. The predicted molar refractivity (Wildman–Crippen MR) is 127 cm³/mol. The molecule has 8 heteroatoms. The first kappa shape index (κ1) is 23.5. The number of hydrogen-bond donors (Lipinski definition) is 1. The highest BCUT2D eigenvalue weighted by Gasteiger charge is 2.29. The second kappa shape index (κ2) is 9.67. The van der Waals surface area contributed by atoms with Gasteiger partial charge in [-0.2, -0.15) is 0 Å². The lowest BCUT2D eigenvalue weighted by molar-refractivity contribution is 0.166. The molecule has 1 unspecified atom stereocenters. The monoisotopic (exact) mass is 471 g/mol. The van der Waals surface area contributed by atoms with Gasteiger partial charge < -0.3 is 9.32 Å². The van der Waals surface area contributed by atoms with E-state index in [-0.39, 0.29) is 18.4 Å². The van der Waals surface area contributed by atoms with Crippen LogP contribution < -0.4 is 9.62 Å². The quantitative estimate of drug-likeness (QED) is 0.560. The maximum atomic E-state index is 13.3. The second-order valence-electron chi connectivity index (χ2n) is 8.61. The van der Waals surface area contributed by atoms with E-state index < -0.39 is 10.0 Å². The Hall–Kier alpha value is -2.68. The van der Waals surface area contributed by atoms with Gasteiger partial charge in [-0.3, -0.25) is 4.90 Å². The Kier molecular flexibility index (Phi) is 6.88. The van der Waals surface area contributed by atoms with Gasteiger partial charge in [0, 0.05) is 38.4 Å². The number of hydrogen-bond acceptors (Lipinski definition) is 5. The van der Waals surface area contributed by atoms with Crippen LogP contribution in [0, 0.1) is 26.6 Å². The number of furan rings is 1. The van der Waals surface area contributed by atoms with E-state index in [1.807, 2.05) is 45.0 Å².